The summed E-state index contributed by atoms with van der Waals surface area (Å²) in [6.07, 6.45) is -1.06. The Balaban J connectivity index is 2.30. The molecule has 3 heteroatoms. The first kappa shape index (κ1) is 7.46. The molecule has 0 aromatic heterocycles. The molecule has 0 amide bonds. The summed E-state index contributed by atoms with van der Waals surface area (Å²) in [7, 11) is 1.21. The van der Waals surface area contributed by atoms with E-state index in [2.05, 4.69) is 0 Å². The first-order chi connectivity index (χ1) is 11.4. The van der Waals surface area contributed by atoms with Crippen molar-refractivity contribution in [3.05, 3.63) is 71.7 Å². The highest BCUT2D eigenvalue weighted by Gasteiger charge is 2.63. The molecule has 0 saturated carbocycles. The summed E-state index contributed by atoms with van der Waals surface area (Å²) in [6.45, 7) is 0. The molecule has 1 saturated heterocycles. The van der Waals surface area contributed by atoms with Crippen LogP contribution in [0.4, 0.5) is 0 Å². The van der Waals surface area contributed by atoms with E-state index in [1.165, 1.54) is 7.11 Å². The zero-order chi connectivity index (χ0) is 17.6. The molecule has 3 nitrogen and oxygen atoms in total. The zero-order valence-electron chi connectivity index (χ0n) is 15.2. The number of carbonyl (C=O) groups excluding carboxylic acids is 1. The second kappa shape index (κ2) is 4.52. The lowest BCUT2D eigenvalue weighted by Crippen LogP contribution is -2.21. The number of carbonyl (C=O) groups is 1. The number of hydrogen-bond acceptors (Lipinski definition) is 3. The van der Waals surface area contributed by atoms with Crippen LogP contribution in [0.1, 0.15) is 18.0 Å². The van der Waals surface area contributed by atoms with Gasteiger partial charge in [0.05, 0.1) is 14.0 Å². The summed E-state index contributed by atoms with van der Waals surface area (Å²) in [5, 5.41) is 0. The third kappa shape index (κ3) is 1.83. The van der Waals surface area contributed by atoms with Gasteiger partial charge in [0.15, 0.2) is 11.7 Å². The van der Waals surface area contributed by atoms with Crippen LogP contribution >= 0.6 is 0 Å². The van der Waals surface area contributed by atoms with Crippen LogP contribution in [-0.4, -0.2) is 19.2 Å². The zero-order valence-corrected chi connectivity index (χ0v) is 10.2. The predicted octanol–water partition coefficient (Wildman–Crippen LogP) is 2.50. The fourth-order valence-electron chi connectivity index (χ4n) is 2.15. The van der Waals surface area contributed by atoms with Crippen LogP contribution in [0.15, 0.2) is 60.5 Å². The van der Waals surface area contributed by atoms with E-state index in [1.807, 2.05) is 0 Å². The fraction of sp³-hybridized carbons (Fsp3) is 0.188. The molecule has 2 aromatic carbocycles. The summed E-state index contributed by atoms with van der Waals surface area (Å²) in [6, 6.07) is 6.37. The van der Waals surface area contributed by atoms with E-state index in [0.29, 0.717) is 5.56 Å². The Hall–Kier alpha value is -2.13. The van der Waals surface area contributed by atoms with Gasteiger partial charge in [-0.3, -0.25) is 0 Å². The van der Waals surface area contributed by atoms with Gasteiger partial charge in [-0.2, -0.15) is 0 Å². The topological polar surface area (TPSA) is 38.8 Å². The largest absolute Gasteiger partial charge is 0.467 e. The molecule has 0 radical (unpaired) electrons. The minimum absolute atomic E-state index is 0.0601. The van der Waals surface area contributed by atoms with Gasteiger partial charge in [0, 0.05) is 0 Å². The number of esters is 1. The summed E-state index contributed by atoms with van der Waals surface area (Å²) in [5.74, 6) is -0.661. The van der Waals surface area contributed by atoms with Crippen molar-refractivity contribution >= 4 is 5.97 Å². The van der Waals surface area contributed by atoms with Gasteiger partial charge in [-0.25, -0.2) is 4.79 Å². The van der Waals surface area contributed by atoms with Crippen LogP contribution in [0.3, 0.4) is 0 Å². The van der Waals surface area contributed by atoms with E-state index in [-0.39, 0.29) is 5.56 Å². The summed E-state index contributed by atoms with van der Waals surface area (Å²) in [5.41, 5.74) is -0.976. The van der Waals surface area contributed by atoms with E-state index in [1.54, 1.807) is 30.3 Å². The Morgan fingerprint density at radius 3 is 2.53 bits per heavy atom. The molecule has 1 aliphatic heterocycles. The molecule has 1 fully saturated rings. The molecule has 2 atom stereocenters. The van der Waals surface area contributed by atoms with E-state index in [4.69, 9.17) is 16.3 Å². The molecule has 2 aromatic rings. The predicted molar refractivity (Wildman–Crippen MR) is 70.6 cm³/mol. The molecule has 19 heavy (non-hydrogen) atoms. The van der Waals surface area contributed by atoms with Crippen molar-refractivity contribution in [1.29, 1.82) is 0 Å². The third-order valence-electron chi connectivity index (χ3n) is 3.11. The van der Waals surface area contributed by atoms with Gasteiger partial charge in [0.25, 0.3) is 0 Å². The van der Waals surface area contributed by atoms with Crippen molar-refractivity contribution in [2.24, 2.45) is 0 Å². The Kier molecular flexibility index (Phi) is 1.77. The normalized spacial score (nSPS) is 28.5. The van der Waals surface area contributed by atoms with E-state index in [9.17, 15) is 4.79 Å². The highest BCUT2D eigenvalue weighted by molar-refractivity contribution is 5.81. The number of methoxy groups -OCH3 is 1. The fourth-order valence-corrected chi connectivity index (χ4v) is 2.15. The van der Waals surface area contributed by atoms with Crippen molar-refractivity contribution in [2.75, 3.05) is 7.11 Å². The van der Waals surface area contributed by atoms with Crippen molar-refractivity contribution in [1.82, 2.24) is 0 Å². The molecule has 1 aliphatic rings. The maximum absolute atomic E-state index is 12.0. The highest BCUT2D eigenvalue weighted by atomic mass is 16.7. The van der Waals surface area contributed by atoms with Gasteiger partial charge in [0.1, 0.15) is 0 Å². The molecular formula is C16H14O3. The smallest absolute Gasteiger partial charge is 0.338 e. The van der Waals surface area contributed by atoms with Crippen LogP contribution in [-0.2, 0) is 19.9 Å². The minimum Gasteiger partial charge on any atom is -0.467 e. The highest BCUT2D eigenvalue weighted by Crippen LogP contribution is 2.51. The molecule has 0 bridgehead atoms. The van der Waals surface area contributed by atoms with Crippen LogP contribution in [0.5, 0.6) is 0 Å². The number of hydrogen-bond donors (Lipinski definition) is 0. The van der Waals surface area contributed by atoms with Crippen LogP contribution < -0.4 is 0 Å². The second-order valence-electron chi connectivity index (χ2n) is 4.12. The van der Waals surface area contributed by atoms with Crippen LogP contribution in [0, 0.1) is 0 Å². The number of rotatable bonds is 3. The molecule has 0 spiro atoms. The number of benzene rings is 2. The van der Waals surface area contributed by atoms with Crippen molar-refractivity contribution in [3.63, 3.8) is 0 Å². The average molecular weight is 259 g/mol. The maximum Gasteiger partial charge on any atom is 0.338 e. The van der Waals surface area contributed by atoms with E-state index >= 15 is 0 Å². The van der Waals surface area contributed by atoms with Crippen molar-refractivity contribution in [3.8, 4) is 0 Å². The van der Waals surface area contributed by atoms with Gasteiger partial charge >= 0.3 is 5.97 Å². The number of epoxide rings is 1. The van der Waals surface area contributed by atoms with Crippen molar-refractivity contribution in [2.45, 2.75) is 11.7 Å². The molecule has 0 N–H and O–H groups in total. The van der Waals surface area contributed by atoms with Gasteiger partial charge in [-0.05, 0) is 11.1 Å². The molecule has 1 heterocycles. The monoisotopic (exact) mass is 259 g/mol. The molecule has 96 valence electrons. The first-order valence-electron chi connectivity index (χ1n) is 8.24. The number of ether oxygens (including phenoxy) is 2. The lowest BCUT2D eigenvalue weighted by molar-refractivity contribution is -0.142. The third-order valence-corrected chi connectivity index (χ3v) is 3.11. The quantitative estimate of drug-likeness (QED) is 0.628. The van der Waals surface area contributed by atoms with Gasteiger partial charge in [0.2, 0.25) is 0 Å². The Morgan fingerprint density at radius 1 is 1.21 bits per heavy atom. The minimum atomic E-state index is -1.44. The van der Waals surface area contributed by atoms with Crippen LogP contribution in [0.25, 0.3) is 0 Å². The molecule has 0 unspecified atom stereocenters. The van der Waals surface area contributed by atoms with Gasteiger partial charge in [-0.1, -0.05) is 60.5 Å². The first-order valence-corrected chi connectivity index (χ1v) is 5.74. The van der Waals surface area contributed by atoms with E-state index in [0.717, 1.165) is 0 Å². The second-order valence-corrected chi connectivity index (χ2v) is 4.12. The summed E-state index contributed by atoms with van der Waals surface area (Å²) < 4.78 is 50.0. The lowest BCUT2D eigenvalue weighted by Gasteiger charge is -2.13. The standard InChI is InChI=1S/C16H14O3/c1-18-15(17)14-16(19-14,12-8-4-2-5-9-12)13-10-6-3-7-11-13/h2-11,14H,1H3/t14-/m0/s1/i2D,4D,5D,8D,9D/t14-,16+. The molecule has 0 aliphatic carbocycles. The summed E-state index contributed by atoms with van der Waals surface area (Å²) >= 11 is 0. The molecular weight excluding hydrogens is 240 g/mol. The summed E-state index contributed by atoms with van der Waals surface area (Å²) in [4.78, 5) is 12.0. The average Bonchev–Trinajstić information content (AvgIpc) is 3.35. The van der Waals surface area contributed by atoms with Gasteiger partial charge in [-0.15, -0.1) is 0 Å². The van der Waals surface area contributed by atoms with Gasteiger partial charge < -0.3 is 9.47 Å². The van der Waals surface area contributed by atoms with Crippen LogP contribution in [0.2, 0.25) is 0 Å². The SMILES string of the molecule is [2H]c1c([2H])c([2H])c([C@]2(c3ccccc3)O[C@H]2C(=O)OC)c([2H])c1[2H]. The Morgan fingerprint density at radius 2 is 1.89 bits per heavy atom. The molecule has 3 rings (SSSR count). The Bertz CT molecular complexity index is 795. The lowest BCUT2D eigenvalue weighted by atomic mass is 9.88. The van der Waals surface area contributed by atoms with E-state index < -0.39 is 47.9 Å². The van der Waals surface area contributed by atoms with Crippen molar-refractivity contribution < 1.29 is 21.1 Å². The maximum atomic E-state index is 12.0. The Labute approximate surface area is 118 Å².